The van der Waals surface area contributed by atoms with Gasteiger partial charge in [0.25, 0.3) is 5.91 Å². The zero-order chi connectivity index (χ0) is 26.3. The first kappa shape index (κ1) is 26.0. The van der Waals surface area contributed by atoms with Crippen LogP contribution in [0.3, 0.4) is 0 Å². The molecule has 1 N–H and O–H groups in total. The van der Waals surface area contributed by atoms with E-state index in [0.29, 0.717) is 17.0 Å². The molecular formula is C30H34N4O3S. The van der Waals surface area contributed by atoms with Crippen LogP contribution in [0.2, 0.25) is 0 Å². The normalized spacial score (nSPS) is 15.4. The highest BCUT2D eigenvalue weighted by molar-refractivity contribution is 8.00. The standard InChI is InChI=1S/C30H34N4O3S/c1-37-28-12-6-5-11-27(28)33-19-17-32(18-20-33)26-14-13-23(21-25(26)30(36)34-15-7-8-16-34)31-29(35)22-38-24-9-3-2-4-10-24/h2-6,9-14,21H,7-8,15-20,22H2,1H3,(H,31,35). The third-order valence-electron chi connectivity index (χ3n) is 7.06. The van der Waals surface area contributed by atoms with Crippen molar-refractivity contribution in [3.63, 3.8) is 0 Å². The molecule has 2 aliphatic rings. The van der Waals surface area contributed by atoms with Crippen LogP contribution in [-0.4, -0.2) is 68.8 Å². The molecule has 0 spiro atoms. The summed E-state index contributed by atoms with van der Waals surface area (Å²) in [6.45, 7) is 4.80. The summed E-state index contributed by atoms with van der Waals surface area (Å²) in [5, 5.41) is 3.00. The van der Waals surface area contributed by atoms with Crippen LogP contribution >= 0.6 is 11.8 Å². The van der Waals surface area contributed by atoms with Crippen molar-refractivity contribution in [2.24, 2.45) is 0 Å². The summed E-state index contributed by atoms with van der Waals surface area (Å²) in [4.78, 5) is 33.9. The van der Waals surface area contributed by atoms with E-state index in [1.165, 1.54) is 11.8 Å². The molecule has 198 valence electrons. The quantitative estimate of drug-likeness (QED) is 0.414. The van der Waals surface area contributed by atoms with Crippen molar-refractivity contribution in [3.8, 4) is 5.75 Å². The summed E-state index contributed by atoms with van der Waals surface area (Å²) in [6.07, 6.45) is 2.07. The number of rotatable bonds is 8. The summed E-state index contributed by atoms with van der Waals surface area (Å²) in [5.74, 6) is 1.14. The Balaban J connectivity index is 1.31. The van der Waals surface area contributed by atoms with Crippen LogP contribution < -0.4 is 19.9 Å². The summed E-state index contributed by atoms with van der Waals surface area (Å²) >= 11 is 1.50. The Morgan fingerprint density at radius 2 is 1.47 bits per heavy atom. The first-order valence-corrected chi connectivity index (χ1v) is 14.1. The first-order chi connectivity index (χ1) is 18.6. The Kier molecular flexibility index (Phi) is 8.38. The van der Waals surface area contributed by atoms with Crippen LogP contribution in [0.4, 0.5) is 17.1 Å². The summed E-state index contributed by atoms with van der Waals surface area (Å²) in [6, 6.07) is 23.7. The van der Waals surface area contributed by atoms with Gasteiger partial charge in [-0.2, -0.15) is 0 Å². The smallest absolute Gasteiger partial charge is 0.256 e. The highest BCUT2D eigenvalue weighted by atomic mass is 32.2. The van der Waals surface area contributed by atoms with Gasteiger partial charge in [-0.1, -0.05) is 30.3 Å². The third-order valence-corrected chi connectivity index (χ3v) is 8.08. The predicted molar refractivity (Wildman–Crippen MR) is 155 cm³/mol. The third kappa shape index (κ3) is 6.07. The number of carbonyl (C=O) groups excluding carboxylic acids is 2. The Morgan fingerprint density at radius 3 is 2.18 bits per heavy atom. The fourth-order valence-electron chi connectivity index (χ4n) is 5.09. The van der Waals surface area contributed by atoms with Crippen LogP contribution in [0.1, 0.15) is 23.2 Å². The monoisotopic (exact) mass is 530 g/mol. The van der Waals surface area contributed by atoms with E-state index in [4.69, 9.17) is 4.74 Å². The number of anilines is 3. The molecule has 2 amide bonds. The lowest BCUT2D eigenvalue weighted by Gasteiger charge is -2.38. The molecule has 0 unspecified atom stereocenters. The molecule has 0 radical (unpaired) electrons. The van der Waals surface area contributed by atoms with Crippen molar-refractivity contribution in [2.75, 3.05) is 67.2 Å². The van der Waals surface area contributed by atoms with Gasteiger partial charge < -0.3 is 24.8 Å². The van der Waals surface area contributed by atoms with Crippen molar-refractivity contribution in [2.45, 2.75) is 17.7 Å². The number of amides is 2. The summed E-state index contributed by atoms with van der Waals surface area (Å²) in [5.41, 5.74) is 3.33. The molecule has 2 aliphatic heterocycles. The molecule has 0 bridgehead atoms. The number of ether oxygens (including phenoxy) is 1. The van der Waals surface area contributed by atoms with E-state index >= 15 is 0 Å². The molecule has 2 heterocycles. The van der Waals surface area contributed by atoms with Gasteiger partial charge in [0, 0.05) is 55.5 Å². The summed E-state index contributed by atoms with van der Waals surface area (Å²) in [7, 11) is 1.70. The Labute approximate surface area is 228 Å². The van der Waals surface area contributed by atoms with Gasteiger partial charge in [0.05, 0.1) is 24.1 Å². The van der Waals surface area contributed by atoms with Crippen molar-refractivity contribution < 1.29 is 14.3 Å². The van der Waals surface area contributed by atoms with Crippen LogP contribution in [-0.2, 0) is 4.79 Å². The van der Waals surface area contributed by atoms with Gasteiger partial charge >= 0.3 is 0 Å². The number of carbonyl (C=O) groups is 2. The second-order valence-corrected chi connectivity index (χ2v) is 10.6. The van der Waals surface area contributed by atoms with Crippen molar-refractivity contribution >= 4 is 40.6 Å². The number of nitrogens with zero attached hydrogens (tertiary/aromatic N) is 3. The number of thioether (sulfide) groups is 1. The highest BCUT2D eigenvalue weighted by Gasteiger charge is 2.27. The van der Waals surface area contributed by atoms with Gasteiger partial charge in [-0.3, -0.25) is 9.59 Å². The molecule has 3 aromatic rings. The van der Waals surface area contributed by atoms with Crippen LogP contribution in [0.5, 0.6) is 5.75 Å². The van der Waals surface area contributed by atoms with E-state index in [1.54, 1.807) is 7.11 Å². The van der Waals surface area contributed by atoms with Gasteiger partial charge in [0.2, 0.25) is 5.91 Å². The van der Waals surface area contributed by atoms with Crippen LogP contribution in [0.15, 0.2) is 77.7 Å². The van der Waals surface area contributed by atoms with E-state index in [2.05, 4.69) is 21.2 Å². The zero-order valence-electron chi connectivity index (χ0n) is 21.8. The number of para-hydroxylation sites is 2. The zero-order valence-corrected chi connectivity index (χ0v) is 22.6. The number of hydrogen-bond acceptors (Lipinski definition) is 6. The molecule has 0 aliphatic carbocycles. The average molecular weight is 531 g/mol. The molecule has 8 heteroatoms. The largest absolute Gasteiger partial charge is 0.495 e. The van der Waals surface area contributed by atoms with Gasteiger partial charge in [-0.05, 0) is 55.3 Å². The Morgan fingerprint density at radius 1 is 0.816 bits per heavy atom. The molecular weight excluding hydrogens is 496 g/mol. The van der Waals surface area contributed by atoms with Crippen LogP contribution in [0.25, 0.3) is 0 Å². The molecule has 2 fully saturated rings. The Hall–Kier alpha value is -3.65. The highest BCUT2D eigenvalue weighted by Crippen LogP contribution is 2.32. The first-order valence-electron chi connectivity index (χ1n) is 13.2. The van der Waals surface area contributed by atoms with Crippen molar-refractivity contribution in [1.82, 2.24) is 4.90 Å². The Bertz CT molecular complexity index is 1260. The van der Waals surface area contributed by atoms with E-state index in [0.717, 1.165) is 74.1 Å². The van der Waals surface area contributed by atoms with Gasteiger partial charge in [-0.25, -0.2) is 0 Å². The number of benzene rings is 3. The van der Waals surface area contributed by atoms with Gasteiger partial charge in [0.15, 0.2) is 0 Å². The average Bonchev–Trinajstić information content (AvgIpc) is 3.52. The summed E-state index contributed by atoms with van der Waals surface area (Å²) < 4.78 is 5.56. The predicted octanol–water partition coefficient (Wildman–Crippen LogP) is 4.99. The maximum Gasteiger partial charge on any atom is 0.256 e. The minimum Gasteiger partial charge on any atom is -0.495 e. The maximum absolute atomic E-state index is 13.6. The second kappa shape index (κ2) is 12.3. The molecule has 0 atom stereocenters. The second-order valence-electron chi connectivity index (χ2n) is 9.53. The minimum absolute atomic E-state index is 0.0411. The molecule has 2 saturated heterocycles. The molecule has 3 aromatic carbocycles. The number of methoxy groups -OCH3 is 1. The fraction of sp³-hybridized carbons (Fsp3) is 0.333. The fourth-order valence-corrected chi connectivity index (χ4v) is 5.81. The van der Waals surface area contributed by atoms with E-state index < -0.39 is 0 Å². The van der Waals surface area contributed by atoms with Crippen LogP contribution in [0, 0.1) is 0 Å². The topological polar surface area (TPSA) is 65.1 Å². The molecule has 7 nitrogen and oxygen atoms in total. The lowest BCUT2D eigenvalue weighted by atomic mass is 10.1. The molecule has 0 saturated carbocycles. The lowest BCUT2D eigenvalue weighted by molar-refractivity contribution is -0.113. The van der Waals surface area contributed by atoms with Gasteiger partial charge in [-0.15, -0.1) is 11.8 Å². The maximum atomic E-state index is 13.6. The van der Waals surface area contributed by atoms with Gasteiger partial charge in [0.1, 0.15) is 5.75 Å². The molecule has 38 heavy (non-hydrogen) atoms. The van der Waals surface area contributed by atoms with E-state index in [-0.39, 0.29) is 11.8 Å². The van der Waals surface area contributed by atoms with E-state index in [1.807, 2.05) is 71.6 Å². The number of likely N-dealkylation sites (tertiary alicyclic amines) is 1. The molecule has 0 aromatic heterocycles. The number of nitrogens with one attached hydrogen (secondary N) is 1. The lowest BCUT2D eigenvalue weighted by Crippen LogP contribution is -2.47. The van der Waals surface area contributed by atoms with Crippen molar-refractivity contribution in [1.29, 1.82) is 0 Å². The number of hydrogen-bond donors (Lipinski definition) is 1. The number of piperazine rings is 1. The van der Waals surface area contributed by atoms with Crippen molar-refractivity contribution in [3.05, 3.63) is 78.4 Å². The van der Waals surface area contributed by atoms with E-state index in [9.17, 15) is 9.59 Å². The SMILES string of the molecule is COc1ccccc1N1CCN(c2ccc(NC(=O)CSc3ccccc3)cc2C(=O)N2CCCC2)CC1. The molecule has 5 rings (SSSR count). The minimum atomic E-state index is -0.0865.